The minimum absolute atomic E-state index is 0.00628. The van der Waals surface area contributed by atoms with Crippen LogP contribution in [-0.4, -0.2) is 29.3 Å². The van der Waals surface area contributed by atoms with Gasteiger partial charge < -0.3 is 19.6 Å². The van der Waals surface area contributed by atoms with E-state index in [1.54, 1.807) is 24.3 Å². The van der Waals surface area contributed by atoms with Crippen LogP contribution < -0.4 is 4.74 Å². The van der Waals surface area contributed by atoms with Gasteiger partial charge in [0.15, 0.2) is 0 Å². The Balaban J connectivity index is 1.49. The van der Waals surface area contributed by atoms with Crippen molar-refractivity contribution in [3.63, 3.8) is 0 Å². The molecule has 0 amide bonds. The number of H-pyrrole nitrogens is 1. The normalized spacial score (nSPS) is 16.7. The molecule has 2 heterocycles. The monoisotopic (exact) mass is 433 g/mol. The smallest absolute Gasteiger partial charge is 0.416 e. The first-order chi connectivity index (χ1) is 14.8. The van der Waals surface area contributed by atoms with E-state index in [9.17, 15) is 18.0 Å². The molecule has 2 aromatic carbocycles. The van der Waals surface area contributed by atoms with Crippen molar-refractivity contribution in [2.24, 2.45) is 0 Å². The molecular weight excluding hydrogens is 411 g/mol. The lowest BCUT2D eigenvalue weighted by Crippen LogP contribution is -2.13. The second kappa shape index (κ2) is 8.63. The first-order valence-corrected chi connectivity index (χ1v) is 10.0. The summed E-state index contributed by atoms with van der Waals surface area (Å²) in [6.45, 7) is 0.795. The van der Waals surface area contributed by atoms with Crippen molar-refractivity contribution < 1.29 is 32.5 Å². The zero-order chi connectivity index (χ0) is 22.0. The number of carboxylic acids is 1. The molecule has 5 nitrogen and oxygen atoms in total. The Morgan fingerprint density at radius 2 is 2.03 bits per heavy atom. The van der Waals surface area contributed by atoms with Gasteiger partial charge in [-0.1, -0.05) is 12.1 Å². The lowest BCUT2D eigenvalue weighted by molar-refractivity contribution is -0.138. The van der Waals surface area contributed by atoms with Gasteiger partial charge in [0.2, 0.25) is 0 Å². The predicted molar refractivity (Wildman–Crippen MR) is 108 cm³/mol. The predicted octanol–water partition coefficient (Wildman–Crippen LogP) is 5.29. The summed E-state index contributed by atoms with van der Waals surface area (Å²) in [4.78, 5) is 13.9. The van der Waals surface area contributed by atoms with Crippen molar-refractivity contribution in [3.8, 4) is 5.75 Å². The largest absolute Gasteiger partial charge is 0.489 e. The van der Waals surface area contributed by atoms with E-state index < -0.39 is 17.7 Å². The van der Waals surface area contributed by atoms with Crippen molar-refractivity contribution in [2.75, 3.05) is 13.2 Å². The Kier molecular flexibility index (Phi) is 5.91. The van der Waals surface area contributed by atoms with Gasteiger partial charge in [-0.15, -0.1) is 0 Å². The molecule has 0 aliphatic carbocycles. The highest BCUT2D eigenvalue weighted by Crippen LogP contribution is 2.38. The van der Waals surface area contributed by atoms with Crippen LogP contribution >= 0.6 is 0 Å². The molecule has 1 aliphatic heterocycles. The highest BCUT2D eigenvalue weighted by molar-refractivity contribution is 5.82. The van der Waals surface area contributed by atoms with Gasteiger partial charge in [0.1, 0.15) is 12.4 Å². The fourth-order valence-corrected chi connectivity index (χ4v) is 3.88. The van der Waals surface area contributed by atoms with E-state index in [-0.39, 0.29) is 24.5 Å². The first kappa shape index (κ1) is 21.2. The van der Waals surface area contributed by atoms with E-state index in [1.165, 1.54) is 6.07 Å². The van der Waals surface area contributed by atoms with Crippen LogP contribution in [0.2, 0.25) is 0 Å². The molecule has 1 atom stereocenters. The Hall–Kier alpha value is -3.00. The number of hydrogen-bond acceptors (Lipinski definition) is 3. The van der Waals surface area contributed by atoms with Crippen molar-refractivity contribution in [1.82, 2.24) is 4.98 Å². The Labute approximate surface area is 176 Å². The number of carbonyl (C=O) groups is 1. The molecule has 8 heteroatoms. The lowest BCUT2D eigenvalue weighted by Gasteiger charge is -2.18. The van der Waals surface area contributed by atoms with Crippen LogP contribution in [0.4, 0.5) is 13.2 Å². The Morgan fingerprint density at radius 1 is 1.19 bits per heavy atom. The zero-order valence-corrected chi connectivity index (χ0v) is 16.7. The summed E-state index contributed by atoms with van der Waals surface area (Å²) in [5.41, 5.74) is 1.72. The Morgan fingerprint density at radius 3 is 2.74 bits per heavy atom. The fraction of sp³-hybridized carbons (Fsp3) is 0.348. The molecule has 0 bridgehead atoms. The summed E-state index contributed by atoms with van der Waals surface area (Å²) in [5.74, 6) is -0.580. The summed E-state index contributed by atoms with van der Waals surface area (Å²) in [5, 5.41) is 9.66. The van der Waals surface area contributed by atoms with Crippen molar-refractivity contribution in [1.29, 1.82) is 0 Å². The molecule has 4 rings (SSSR count). The number of alkyl halides is 3. The number of ether oxygens (including phenoxy) is 2. The van der Waals surface area contributed by atoms with E-state index in [0.717, 1.165) is 22.7 Å². The van der Waals surface area contributed by atoms with Gasteiger partial charge in [0, 0.05) is 29.1 Å². The van der Waals surface area contributed by atoms with Crippen LogP contribution in [0.3, 0.4) is 0 Å². The maximum atomic E-state index is 13.6. The van der Waals surface area contributed by atoms with Crippen LogP contribution in [0.1, 0.15) is 41.1 Å². The summed E-state index contributed by atoms with van der Waals surface area (Å²) >= 11 is 0. The average Bonchev–Trinajstić information content (AvgIpc) is 3.39. The maximum absolute atomic E-state index is 13.6. The number of aryl methyl sites for hydroxylation is 1. The standard InChI is InChI=1S/C23H22F3NO4/c24-23(25,26)20-9-14(1-4-19(20)15-7-8-30-13-15)12-31-18-3-5-21-16(11-18)10-17(27-21)2-6-22(28)29/h1,3-5,9-11,15,27H,2,6-8,12-13H2,(H,28,29). The third kappa shape index (κ3) is 5.02. The zero-order valence-electron chi connectivity index (χ0n) is 16.7. The minimum atomic E-state index is -4.44. The molecule has 164 valence electrons. The van der Waals surface area contributed by atoms with Crippen molar-refractivity contribution >= 4 is 16.9 Å². The summed E-state index contributed by atoms with van der Waals surface area (Å²) < 4.78 is 51.8. The average molecular weight is 433 g/mol. The molecule has 0 spiro atoms. The van der Waals surface area contributed by atoms with Crippen LogP contribution in [0, 0.1) is 0 Å². The van der Waals surface area contributed by atoms with Gasteiger partial charge in [0.25, 0.3) is 0 Å². The molecule has 0 radical (unpaired) electrons. The van der Waals surface area contributed by atoms with Gasteiger partial charge in [-0.2, -0.15) is 13.2 Å². The highest BCUT2D eigenvalue weighted by atomic mass is 19.4. The molecule has 2 N–H and O–H groups in total. The number of halogens is 3. The third-order valence-corrected chi connectivity index (χ3v) is 5.45. The van der Waals surface area contributed by atoms with Gasteiger partial charge in [-0.25, -0.2) is 0 Å². The van der Waals surface area contributed by atoms with E-state index in [4.69, 9.17) is 14.6 Å². The van der Waals surface area contributed by atoms with Crippen molar-refractivity contribution in [2.45, 2.75) is 38.0 Å². The van der Waals surface area contributed by atoms with Crippen LogP contribution in [-0.2, 0) is 28.7 Å². The summed E-state index contributed by atoms with van der Waals surface area (Å²) in [7, 11) is 0. The number of fused-ring (bicyclic) bond motifs is 1. The molecule has 31 heavy (non-hydrogen) atoms. The van der Waals surface area contributed by atoms with E-state index >= 15 is 0 Å². The number of benzene rings is 2. The topological polar surface area (TPSA) is 71.6 Å². The van der Waals surface area contributed by atoms with Gasteiger partial charge >= 0.3 is 12.1 Å². The van der Waals surface area contributed by atoms with Crippen LogP contribution in [0.15, 0.2) is 42.5 Å². The summed E-state index contributed by atoms with van der Waals surface area (Å²) in [6, 6.07) is 11.5. The number of aromatic amines is 1. The highest BCUT2D eigenvalue weighted by Gasteiger charge is 2.36. The third-order valence-electron chi connectivity index (χ3n) is 5.45. The summed E-state index contributed by atoms with van der Waals surface area (Å²) in [6.07, 6.45) is -3.44. The minimum Gasteiger partial charge on any atom is -0.489 e. The molecule has 1 fully saturated rings. The molecule has 3 aromatic rings. The van der Waals surface area contributed by atoms with Crippen LogP contribution in [0.5, 0.6) is 5.75 Å². The van der Waals surface area contributed by atoms with Gasteiger partial charge in [-0.3, -0.25) is 4.79 Å². The lowest BCUT2D eigenvalue weighted by atomic mass is 9.92. The first-order valence-electron chi connectivity index (χ1n) is 10.0. The Bertz CT molecular complexity index is 1080. The van der Waals surface area contributed by atoms with E-state index in [0.29, 0.717) is 37.4 Å². The fourth-order valence-electron chi connectivity index (χ4n) is 3.88. The van der Waals surface area contributed by atoms with Crippen LogP contribution in [0.25, 0.3) is 10.9 Å². The second-order valence-corrected chi connectivity index (χ2v) is 7.71. The molecular formula is C23H22F3NO4. The van der Waals surface area contributed by atoms with Gasteiger partial charge in [-0.05, 0) is 54.3 Å². The quantitative estimate of drug-likeness (QED) is 0.531. The molecule has 0 saturated carbocycles. The number of rotatable bonds is 7. The molecule has 1 aromatic heterocycles. The van der Waals surface area contributed by atoms with Crippen molar-refractivity contribution in [3.05, 3.63) is 64.8 Å². The van der Waals surface area contributed by atoms with E-state index in [2.05, 4.69) is 4.98 Å². The number of hydrogen-bond donors (Lipinski definition) is 2. The number of nitrogens with one attached hydrogen (secondary N) is 1. The molecule has 1 unspecified atom stereocenters. The number of aromatic nitrogens is 1. The van der Waals surface area contributed by atoms with Gasteiger partial charge in [0.05, 0.1) is 18.6 Å². The van der Waals surface area contributed by atoms with E-state index in [1.807, 2.05) is 6.07 Å². The molecule has 1 aliphatic rings. The molecule has 1 saturated heterocycles. The maximum Gasteiger partial charge on any atom is 0.416 e. The number of aliphatic carboxylic acids is 1. The second-order valence-electron chi connectivity index (χ2n) is 7.71. The number of carboxylic acid groups (broad SMARTS) is 1. The SMILES string of the molecule is O=C(O)CCc1cc2cc(OCc3ccc(C4CCOC4)c(C(F)(F)F)c3)ccc2[nH]1.